The number of hydrogen-bond acceptors (Lipinski definition) is 6. The fourth-order valence-electron chi connectivity index (χ4n) is 2.96. The third-order valence-electron chi connectivity index (χ3n) is 4.31. The quantitative estimate of drug-likeness (QED) is 0.500. The van der Waals surface area contributed by atoms with Gasteiger partial charge in [-0.3, -0.25) is 4.79 Å². The molecule has 1 aromatic heterocycles. The highest BCUT2D eigenvalue weighted by Gasteiger charge is 2.65. The van der Waals surface area contributed by atoms with Crippen LogP contribution in [0.1, 0.15) is 41.9 Å². The van der Waals surface area contributed by atoms with E-state index in [1.54, 1.807) is 0 Å². The van der Waals surface area contributed by atoms with Gasteiger partial charge in [0, 0.05) is 0 Å². The number of carboxylic acids is 1. The Morgan fingerprint density at radius 2 is 1.84 bits per heavy atom. The maximum atomic E-state index is 13.2. The van der Waals surface area contributed by atoms with Gasteiger partial charge >= 0.3 is 16.2 Å². The molecule has 0 aliphatic carbocycles. The predicted molar refractivity (Wildman–Crippen MR) is 102 cm³/mol. The molecule has 170 valence electrons. The van der Waals surface area contributed by atoms with Gasteiger partial charge in [0.15, 0.2) is 0 Å². The number of hydrogen-bond donors (Lipinski definition) is 2. The SMILES string of the molecule is Cc1nc(CC(=O)O)c(C2OC=CO2)c(N[C@H](C)c2cccc(S(F)(F)(F)(F)F)c2)n1. The van der Waals surface area contributed by atoms with E-state index in [0.29, 0.717) is 12.1 Å². The number of nitrogens with zero attached hydrogens (tertiary/aromatic N) is 2. The van der Waals surface area contributed by atoms with Crippen molar-refractivity contribution in [3.8, 4) is 0 Å². The second-order valence-electron chi connectivity index (χ2n) is 6.83. The number of anilines is 1. The van der Waals surface area contributed by atoms with Crippen LogP contribution in [-0.4, -0.2) is 21.0 Å². The summed E-state index contributed by atoms with van der Waals surface area (Å²) in [4.78, 5) is 17.5. The summed E-state index contributed by atoms with van der Waals surface area (Å²) in [6.07, 6.45) is 0.867. The summed E-state index contributed by atoms with van der Waals surface area (Å²) < 4.78 is 76.4. The number of rotatable bonds is 7. The average molecular weight is 467 g/mol. The van der Waals surface area contributed by atoms with Crippen molar-refractivity contribution in [2.75, 3.05) is 5.32 Å². The molecule has 3 rings (SSSR count). The molecule has 2 aromatic rings. The Bertz CT molecular complexity index is 1060. The summed E-state index contributed by atoms with van der Waals surface area (Å²) in [7, 11) is -9.85. The first-order valence-corrected chi connectivity index (χ1v) is 10.7. The van der Waals surface area contributed by atoms with Crippen molar-refractivity contribution in [1.82, 2.24) is 9.97 Å². The van der Waals surface area contributed by atoms with Crippen molar-refractivity contribution >= 4 is 22.0 Å². The lowest BCUT2D eigenvalue weighted by molar-refractivity contribution is -0.136. The van der Waals surface area contributed by atoms with Crippen LogP contribution >= 0.6 is 10.2 Å². The minimum Gasteiger partial charge on any atom is -0.481 e. The van der Waals surface area contributed by atoms with Crippen molar-refractivity contribution in [2.45, 2.75) is 37.5 Å². The molecule has 1 aromatic carbocycles. The van der Waals surface area contributed by atoms with Gasteiger partial charge in [0.05, 0.1) is 23.7 Å². The van der Waals surface area contributed by atoms with Crippen LogP contribution in [0.2, 0.25) is 0 Å². The number of halogens is 5. The molecule has 0 bridgehead atoms. The first-order valence-electron chi connectivity index (χ1n) is 8.80. The molecule has 0 radical (unpaired) electrons. The number of aliphatic carboxylic acids is 1. The summed E-state index contributed by atoms with van der Waals surface area (Å²) in [5.41, 5.74) is 0.122. The Balaban J connectivity index is 2.01. The molecule has 0 unspecified atom stereocenters. The highest BCUT2D eigenvalue weighted by atomic mass is 32.5. The van der Waals surface area contributed by atoms with Crippen molar-refractivity contribution in [2.24, 2.45) is 0 Å². The Hall–Kier alpha value is -3.09. The Morgan fingerprint density at radius 3 is 2.42 bits per heavy atom. The molecule has 0 saturated heterocycles. The lowest BCUT2D eigenvalue weighted by Gasteiger charge is -2.40. The van der Waals surface area contributed by atoms with Gasteiger partial charge in [-0.15, -0.1) is 0 Å². The van der Waals surface area contributed by atoms with E-state index in [1.807, 2.05) is 0 Å². The first kappa shape index (κ1) is 22.6. The molecular weight excluding hydrogens is 449 g/mol. The Labute approximate surface area is 173 Å². The number of carboxylic acid groups (broad SMARTS) is 1. The molecule has 0 spiro atoms. The largest absolute Gasteiger partial charge is 0.481 e. The monoisotopic (exact) mass is 467 g/mol. The van der Waals surface area contributed by atoms with E-state index in [-0.39, 0.29) is 28.5 Å². The van der Waals surface area contributed by atoms with Gasteiger partial charge < -0.3 is 19.9 Å². The van der Waals surface area contributed by atoms with Crippen LogP contribution in [0.25, 0.3) is 0 Å². The number of aryl methyl sites for hydroxylation is 1. The molecule has 1 atom stereocenters. The summed E-state index contributed by atoms with van der Waals surface area (Å²) in [5, 5.41) is 12.0. The van der Waals surface area contributed by atoms with Crippen LogP contribution in [0.3, 0.4) is 0 Å². The summed E-state index contributed by atoms with van der Waals surface area (Å²) >= 11 is 0. The molecule has 0 fully saturated rings. The number of carbonyl (C=O) groups is 1. The molecule has 13 heteroatoms. The van der Waals surface area contributed by atoms with Gasteiger partial charge in [0.25, 0.3) is 6.29 Å². The molecule has 2 N–H and O–H groups in total. The van der Waals surface area contributed by atoms with Crippen molar-refractivity contribution in [3.05, 3.63) is 59.4 Å². The van der Waals surface area contributed by atoms with Gasteiger partial charge in [0.1, 0.15) is 29.1 Å². The maximum Gasteiger partial charge on any atom is 0.310 e. The van der Waals surface area contributed by atoms with Crippen molar-refractivity contribution < 1.29 is 38.8 Å². The molecular formula is C18H18F5N3O4S. The third-order valence-corrected chi connectivity index (χ3v) is 5.45. The molecule has 0 amide bonds. The zero-order valence-corrected chi connectivity index (χ0v) is 17.0. The lowest BCUT2D eigenvalue weighted by Crippen LogP contribution is -2.18. The van der Waals surface area contributed by atoms with E-state index in [2.05, 4.69) is 15.3 Å². The minimum atomic E-state index is -9.85. The fourth-order valence-corrected chi connectivity index (χ4v) is 3.66. The zero-order valence-electron chi connectivity index (χ0n) is 16.2. The fraction of sp³-hybridized carbons (Fsp3) is 0.278. The first-order chi connectivity index (χ1) is 14.1. The molecule has 31 heavy (non-hydrogen) atoms. The van der Waals surface area contributed by atoms with Crippen LogP contribution in [0.15, 0.2) is 41.7 Å². The highest BCUT2D eigenvalue weighted by molar-refractivity contribution is 8.45. The number of aromatic nitrogens is 2. The molecule has 7 nitrogen and oxygen atoms in total. The standard InChI is InChI=1S/C18H18F5N3O4S/c1-10(12-4-3-5-13(8-12)31(19,20,21,22)23)24-17-16(18-29-6-7-30-18)14(9-15(27)28)25-11(2)26-17/h3-8,10,18H,9H2,1-2H3,(H,27,28)(H,24,25,26)/t10-/m1/s1. The van der Waals surface area contributed by atoms with E-state index in [9.17, 15) is 29.3 Å². The summed E-state index contributed by atoms with van der Waals surface area (Å²) in [5.74, 6) is -0.961. The predicted octanol–water partition coefficient (Wildman–Crippen LogP) is 5.76. The molecule has 2 heterocycles. The normalized spacial score (nSPS) is 17.3. The molecule has 0 saturated carbocycles. The summed E-state index contributed by atoms with van der Waals surface area (Å²) in [6, 6.07) is 1.90. The zero-order chi connectivity index (χ0) is 23.1. The molecule has 1 aliphatic heterocycles. The van der Waals surface area contributed by atoms with E-state index >= 15 is 0 Å². The minimum absolute atomic E-state index is 0.0442. The van der Waals surface area contributed by atoms with Gasteiger partial charge in [0.2, 0.25) is 0 Å². The van der Waals surface area contributed by atoms with Crippen molar-refractivity contribution in [1.29, 1.82) is 0 Å². The average Bonchev–Trinajstić information content (AvgIpc) is 3.13. The van der Waals surface area contributed by atoms with E-state index in [1.165, 1.54) is 32.4 Å². The van der Waals surface area contributed by atoms with Gasteiger partial charge in [-0.05, 0) is 31.5 Å². The highest BCUT2D eigenvalue weighted by Crippen LogP contribution is 3.02. The third kappa shape index (κ3) is 5.34. The summed E-state index contributed by atoms with van der Waals surface area (Å²) in [6.45, 7) is 2.94. The van der Waals surface area contributed by atoms with Crippen molar-refractivity contribution in [3.63, 3.8) is 0 Å². The topological polar surface area (TPSA) is 93.6 Å². The number of benzene rings is 1. The van der Waals surface area contributed by atoms with Crippen LogP contribution in [0, 0.1) is 6.92 Å². The van der Waals surface area contributed by atoms with E-state index in [4.69, 9.17) is 9.47 Å². The van der Waals surface area contributed by atoms with Gasteiger partial charge in [-0.1, -0.05) is 31.6 Å². The smallest absolute Gasteiger partial charge is 0.310 e. The van der Waals surface area contributed by atoms with Crippen LogP contribution in [-0.2, 0) is 20.7 Å². The Morgan fingerprint density at radius 1 is 1.19 bits per heavy atom. The maximum absolute atomic E-state index is 13.2. The van der Waals surface area contributed by atoms with Gasteiger partial charge in [-0.2, -0.15) is 0 Å². The van der Waals surface area contributed by atoms with Crippen LogP contribution in [0.4, 0.5) is 25.2 Å². The van der Waals surface area contributed by atoms with E-state index in [0.717, 1.165) is 6.07 Å². The van der Waals surface area contributed by atoms with Crippen LogP contribution < -0.4 is 5.32 Å². The van der Waals surface area contributed by atoms with Gasteiger partial charge in [-0.25, -0.2) is 9.97 Å². The number of ether oxygens (including phenoxy) is 2. The lowest BCUT2D eigenvalue weighted by atomic mass is 10.1. The van der Waals surface area contributed by atoms with Crippen LogP contribution in [0.5, 0.6) is 0 Å². The Kier molecular flexibility index (Phi) is 5.08. The van der Waals surface area contributed by atoms with E-state index < -0.39 is 39.8 Å². The second-order valence-corrected chi connectivity index (χ2v) is 9.24. The molecule has 1 aliphatic rings. The number of nitrogens with one attached hydrogen (secondary N) is 1. The second kappa shape index (κ2) is 6.97.